The van der Waals surface area contributed by atoms with Gasteiger partial charge in [-0.1, -0.05) is 12.1 Å². The van der Waals surface area contributed by atoms with Gasteiger partial charge in [0.15, 0.2) is 0 Å². The number of aryl methyl sites for hydroxylation is 2. The van der Waals surface area contributed by atoms with E-state index in [1.165, 1.54) is 12.1 Å². The fourth-order valence-corrected chi connectivity index (χ4v) is 2.37. The molecule has 0 aliphatic carbocycles. The van der Waals surface area contributed by atoms with Gasteiger partial charge in [-0.15, -0.1) is 0 Å². The molecule has 102 valence electrons. The van der Waals surface area contributed by atoms with Crippen molar-refractivity contribution in [2.75, 3.05) is 0 Å². The molecule has 1 heterocycles. The van der Waals surface area contributed by atoms with Gasteiger partial charge in [-0.2, -0.15) is 5.10 Å². The quantitative estimate of drug-likeness (QED) is 0.918. The minimum Gasteiger partial charge on any atom is -0.389 e. The summed E-state index contributed by atoms with van der Waals surface area (Å²) in [6.45, 7) is 3.69. The first-order chi connectivity index (χ1) is 8.85. The van der Waals surface area contributed by atoms with Gasteiger partial charge < -0.3 is 5.11 Å². The van der Waals surface area contributed by atoms with Crippen molar-refractivity contribution >= 4 is 0 Å². The zero-order valence-electron chi connectivity index (χ0n) is 11.5. The van der Waals surface area contributed by atoms with Crippen molar-refractivity contribution in [3.05, 3.63) is 53.1 Å². The number of benzene rings is 1. The maximum absolute atomic E-state index is 13.1. The summed E-state index contributed by atoms with van der Waals surface area (Å²) < 4.78 is 14.9. The molecule has 1 atom stereocenters. The molecule has 0 aliphatic heterocycles. The number of aromatic nitrogens is 2. The Kier molecular flexibility index (Phi) is 3.71. The minimum absolute atomic E-state index is 0.273. The van der Waals surface area contributed by atoms with Crippen LogP contribution in [0.5, 0.6) is 0 Å². The van der Waals surface area contributed by atoms with Crippen LogP contribution < -0.4 is 0 Å². The predicted octanol–water partition coefficient (Wildman–Crippen LogP) is 2.40. The van der Waals surface area contributed by atoms with Crippen molar-refractivity contribution in [1.82, 2.24) is 9.78 Å². The van der Waals surface area contributed by atoms with Crippen molar-refractivity contribution < 1.29 is 9.50 Å². The summed E-state index contributed by atoms with van der Waals surface area (Å²) >= 11 is 0. The van der Waals surface area contributed by atoms with E-state index in [4.69, 9.17) is 0 Å². The minimum atomic E-state index is -0.923. The Hall–Kier alpha value is -1.68. The van der Waals surface area contributed by atoms with Gasteiger partial charge in [0, 0.05) is 25.6 Å². The molecule has 0 saturated heterocycles. The van der Waals surface area contributed by atoms with Gasteiger partial charge in [-0.25, -0.2) is 4.39 Å². The summed E-state index contributed by atoms with van der Waals surface area (Å²) in [6.07, 6.45) is 0.899. The number of rotatable bonds is 4. The molecule has 19 heavy (non-hydrogen) atoms. The van der Waals surface area contributed by atoms with E-state index in [0.29, 0.717) is 12.8 Å². The maximum atomic E-state index is 13.1. The Morgan fingerprint density at radius 2 is 2.05 bits per heavy atom. The molecule has 0 amide bonds. The highest BCUT2D eigenvalue weighted by molar-refractivity contribution is 5.20. The Labute approximate surface area is 112 Å². The molecule has 0 fully saturated rings. The normalized spacial score (nSPS) is 14.4. The van der Waals surface area contributed by atoms with Crippen LogP contribution in [-0.4, -0.2) is 20.5 Å². The average molecular weight is 262 g/mol. The van der Waals surface area contributed by atoms with E-state index in [-0.39, 0.29) is 5.82 Å². The monoisotopic (exact) mass is 262 g/mol. The lowest BCUT2D eigenvalue weighted by atomic mass is 9.91. The van der Waals surface area contributed by atoms with Gasteiger partial charge in [-0.3, -0.25) is 4.68 Å². The number of aliphatic hydroxyl groups is 1. The first-order valence-corrected chi connectivity index (χ1v) is 6.32. The third kappa shape index (κ3) is 3.64. The van der Waals surface area contributed by atoms with Crippen LogP contribution in [0.15, 0.2) is 30.3 Å². The molecule has 0 radical (unpaired) electrons. The van der Waals surface area contributed by atoms with Gasteiger partial charge in [0.2, 0.25) is 0 Å². The topological polar surface area (TPSA) is 38.0 Å². The van der Waals surface area contributed by atoms with Gasteiger partial charge >= 0.3 is 0 Å². The molecule has 0 spiro atoms. The molecule has 1 N–H and O–H groups in total. The van der Waals surface area contributed by atoms with Crippen LogP contribution in [0.25, 0.3) is 0 Å². The number of halogens is 1. The molecular formula is C15H19FN2O. The highest BCUT2D eigenvalue weighted by Crippen LogP contribution is 2.19. The molecule has 4 heteroatoms. The lowest BCUT2D eigenvalue weighted by Crippen LogP contribution is -2.31. The zero-order valence-corrected chi connectivity index (χ0v) is 11.5. The molecule has 2 rings (SSSR count). The molecule has 1 aromatic carbocycles. The molecule has 0 aliphatic rings. The molecular weight excluding hydrogens is 243 g/mol. The fourth-order valence-electron chi connectivity index (χ4n) is 2.37. The van der Waals surface area contributed by atoms with Crippen LogP contribution in [-0.2, 0) is 19.9 Å². The van der Waals surface area contributed by atoms with E-state index in [9.17, 15) is 9.50 Å². The lowest BCUT2D eigenvalue weighted by Gasteiger charge is -2.23. The second-order valence-corrected chi connectivity index (χ2v) is 5.38. The summed E-state index contributed by atoms with van der Waals surface area (Å²) in [5, 5.41) is 14.7. The summed E-state index contributed by atoms with van der Waals surface area (Å²) in [7, 11) is 1.86. The van der Waals surface area contributed by atoms with Gasteiger partial charge in [0.25, 0.3) is 0 Å². The summed E-state index contributed by atoms with van der Waals surface area (Å²) in [5.74, 6) is -0.273. The molecule has 3 nitrogen and oxygen atoms in total. The van der Waals surface area contributed by atoms with Crippen molar-refractivity contribution in [3.8, 4) is 0 Å². The number of nitrogens with zero attached hydrogens (tertiary/aromatic N) is 2. The second-order valence-electron chi connectivity index (χ2n) is 5.38. The first-order valence-electron chi connectivity index (χ1n) is 6.32. The van der Waals surface area contributed by atoms with Crippen molar-refractivity contribution in [1.29, 1.82) is 0 Å². The Bertz CT molecular complexity index is 575. The predicted molar refractivity (Wildman–Crippen MR) is 72.4 cm³/mol. The lowest BCUT2D eigenvalue weighted by molar-refractivity contribution is 0.0588. The Morgan fingerprint density at radius 3 is 2.63 bits per heavy atom. The molecule has 1 aromatic heterocycles. The van der Waals surface area contributed by atoms with Crippen LogP contribution in [0.2, 0.25) is 0 Å². The summed E-state index contributed by atoms with van der Waals surface area (Å²) in [4.78, 5) is 0. The SMILES string of the molecule is Cc1cc(CC(C)(O)Cc2cccc(F)c2)n(C)n1. The van der Waals surface area contributed by atoms with Gasteiger partial charge in [0.05, 0.1) is 11.3 Å². The Morgan fingerprint density at radius 1 is 1.32 bits per heavy atom. The first kappa shape index (κ1) is 13.7. The third-order valence-electron chi connectivity index (χ3n) is 3.13. The van der Waals surface area contributed by atoms with E-state index in [1.54, 1.807) is 17.7 Å². The Balaban J connectivity index is 2.12. The molecule has 0 bridgehead atoms. The standard InChI is InChI=1S/C15H19FN2O/c1-11-7-14(18(3)17-11)10-15(2,19)9-12-5-4-6-13(16)8-12/h4-8,19H,9-10H2,1-3H3. The number of hydrogen-bond acceptors (Lipinski definition) is 2. The van der Waals surface area contributed by atoms with Crippen LogP contribution in [0.3, 0.4) is 0 Å². The van der Waals surface area contributed by atoms with Crippen LogP contribution in [0.4, 0.5) is 4.39 Å². The highest BCUT2D eigenvalue weighted by Gasteiger charge is 2.23. The maximum Gasteiger partial charge on any atom is 0.123 e. The summed E-state index contributed by atoms with van der Waals surface area (Å²) in [6, 6.07) is 8.31. The van der Waals surface area contributed by atoms with Crippen LogP contribution in [0.1, 0.15) is 23.9 Å². The van der Waals surface area contributed by atoms with Crippen molar-refractivity contribution in [3.63, 3.8) is 0 Å². The zero-order chi connectivity index (χ0) is 14.0. The van der Waals surface area contributed by atoms with E-state index >= 15 is 0 Å². The van der Waals surface area contributed by atoms with E-state index in [2.05, 4.69) is 5.10 Å². The highest BCUT2D eigenvalue weighted by atomic mass is 19.1. The smallest absolute Gasteiger partial charge is 0.123 e. The molecule has 2 aromatic rings. The molecule has 0 saturated carbocycles. The third-order valence-corrected chi connectivity index (χ3v) is 3.13. The fraction of sp³-hybridized carbons (Fsp3) is 0.400. The van der Waals surface area contributed by atoms with Crippen molar-refractivity contribution in [2.24, 2.45) is 7.05 Å². The van der Waals surface area contributed by atoms with Gasteiger partial charge in [0.1, 0.15) is 5.82 Å². The largest absolute Gasteiger partial charge is 0.389 e. The number of hydrogen-bond donors (Lipinski definition) is 1. The second kappa shape index (κ2) is 5.13. The van der Waals surface area contributed by atoms with E-state index < -0.39 is 5.60 Å². The van der Waals surface area contributed by atoms with Crippen LogP contribution >= 0.6 is 0 Å². The summed E-state index contributed by atoms with van der Waals surface area (Å²) in [5.41, 5.74) is 1.77. The van der Waals surface area contributed by atoms with E-state index in [1.807, 2.05) is 26.1 Å². The van der Waals surface area contributed by atoms with E-state index in [0.717, 1.165) is 17.0 Å². The van der Waals surface area contributed by atoms with Gasteiger partial charge in [-0.05, 0) is 37.6 Å². The van der Waals surface area contributed by atoms with Crippen LogP contribution in [0, 0.1) is 12.7 Å². The molecule has 1 unspecified atom stereocenters. The average Bonchev–Trinajstić information content (AvgIpc) is 2.55. The van der Waals surface area contributed by atoms with Crippen molar-refractivity contribution in [2.45, 2.75) is 32.3 Å².